The van der Waals surface area contributed by atoms with Crippen molar-refractivity contribution in [1.29, 1.82) is 0 Å². The molecule has 0 spiro atoms. The zero-order valence-electron chi connectivity index (χ0n) is 21.5. The fourth-order valence-electron chi connectivity index (χ4n) is 3.83. The summed E-state index contributed by atoms with van der Waals surface area (Å²) in [4.78, 5) is 28.0. The zero-order chi connectivity index (χ0) is 28.7. The van der Waals surface area contributed by atoms with Crippen molar-refractivity contribution in [3.63, 3.8) is 0 Å². The number of likely N-dealkylation sites (N-methyl/N-ethyl adjacent to an activating group) is 1. The van der Waals surface area contributed by atoms with Gasteiger partial charge in [-0.15, -0.1) is 0 Å². The Hall–Kier alpha value is -2.98. The van der Waals surface area contributed by atoms with Crippen molar-refractivity contribution < 1.29 is 22.7 Å². The highest BCUT2D eigenvalue weighted by Gasteiger charge is 2.34. The van der Waals surface area contributed by atoms with Crippen LogP contribution < -0.4 is 14.4 Å². The second-order valence-electron chi connectivity index (χ2n) is 8.48. The third kappa shape index (κ3) is 7.36. The van der Waals surface area contributed by atoms with E-state index in [2.05, 4.69) is 5.32 Å². The molecule has 0 saturated carbocycles. The fourth-order valence-corrected chi connectivity index (χ4v) is 5.75. The molecule has 3 aromatic rings. The van der Waals surface area contributed by atoms with Crippen LogP contribution in [0.1, 0.15) is 19.4 Å². The van der Waals surface area contributed by atoms with Crippen LogP contribution in [0, 0.1) is 0 Å². The number of nitrogens with zero attached hydrogens (tertiary/aromatic N) is 2. The Morgan fingerprint density at radius 2 is 1.67 bits per heavy atom. The zero-order valence-corrected chi connectivity index (χ0v) is 24.6. The first-order chi connectivity index (χ1) is 18.5. The van der Waals surface area contributed by atoms with Gasteiger partial charge in [-0.3, -0.25) is 13.9 Å². The van der Waals surface area contributed by atoms with Crippen molar-refractivity contribution in [3.05, 3.63) is 87.4 Å². The summed E-state index contributed by atoms with van der Waals surface area (Å²) in [7, 11) is -2.88. The maximum absolute atomic E-state index is 13.9. The molecule has 0 aliphatic heterocycles. The third-order valence-corrected chi connectivity index (χ3v) is 8.62. The number of benzene rings is 3. The highest BCUT2D eigenvalue weighted by molar-refractivity contribution is 7.92. The highest BCUT2D eigenvalue weighted by Crippen LogP contribution is 2.35. The van der Waals surface area contributed by atoms with Crippen molar-refractivity contribution in [2.45, 2.75) is 31.3 Å². The van der Waals surface area contributed by atoms with E-state index in [-0.39, 0.29) is 32.9 Å². The number of halogens is 3. The smallest absolute Gasteiger partial charge is 0.264 e. The van der Waals surface area contributed by atoms with E-state index >= 15 is 0 Å². The van der Waals surface area contributed by atoms with Crippen molar-refractivity contribution in [2.24, 2.45) is 0 Å². The van der Waals surface area contributed by atoms with Gasteiger partial charge in [-0.1, -0.05) is 59.1 Å². The lowest BCUT2D eigenvalue weighted by Crippen LogP contribution is -2.51. The molecule has 0 bridgehead atoms. The molecule has 0 aromatic heterocycles. The number of ether oxygens (including phenoxy) is 1. The standard InChI is InChI=1S/C27H28Cl3N3O5S/c1-4-31-27(35)18(2)32(16-19-10-12-22(29)23(30)14-19)26(34)17-33(24-15-20(28)11-13-25(24)38-3)39(36,37)21-8-6-5-7-9-21/h5-15,18H,4,16-17H2,1-3H3,(H,31,35)/t18-/m1/s1. The Morgan fingerprint density at radius 3 is 2.28 bits per heavy atom. The van der Waals surface area contributed by atoms with Crippen molar-refractivity contribution in [1.82, 2.24) is 10.2 Å². The Labute approximate surface area is 243 Å². The first kappa shape index (κ1) is 30.6. The number of hydrogen-bond donors (Lipinski definition) is 1. The number of carbonyl (C=O) groups is 2. The number of amides is 2. The number of rotatable bonds is 11. The van der Waals surface area contributed by atoms with Gasteiger partial charge in [-0.2, -0.15) is 0 Å². The van der Waals surface area contributed by atoms with Gasteiger partial charge < -0.3 is 15.0 Å². The minimum atomic E-state index is -4.27. The van der Waals surface area contributed by atoms with E-state index in [0.717, 1.165) is 4.31 Å². The number of anilines is 1. The monoisotopic (exact) mass is 611 g/mol. The van der Waals surface area contributed by atoms with Gasteiger partial charge in [0.15, 0.2) is 0 Å². The lowest BCUT2D eigenvalue weighted by Gasteiger charge is -2.32. The molecule has 3 rings (SSSR count). The largest absolute Gasteiger partial charge is 0.495 e. The first-order valence-electron chi connectivity index (χ1n) is 11.9. The average molecular weight is 613 g/mol. The molecule has 3 aromatic carbocycles. The van der Waals surface area contributed by atoms with Crippen LogP contribution in [0.3, 0.4) is 0 Å². The molecule has 0 heterocycles. The Kier molecular flexibility index (Phi) is 10.5. The first-order valence-corrected chi connectivity index (χ1v) is 14.5. The van der Waals surface area contributed by atoms with E-state index in [9.17, 15) is 18.0 Å². The average Bonchev–Trinajstić information content (AvgIpc) is 2.92. The number of nitrogens with one attached hydrogen (secondary N) is 1. The molecule has 8 nitrogen and oxygen atoms in total. The molecule has 0 saturated heterocycles. The summed E-state index contributed by atoms with van der Waals surface area (Å²) in [6, 6.07) is 16.1. The quantitative estimate of drug-likeness (QED) is 0.313. The Balaban J connectivity index is 2.10. The van der Waals surface area contributed by atoms with Gasteiger partial charge in [-0.05, 0) is 61.9 Å². The lowest BCUT2D eigenvalue weighted by atomic mass is 10.1. The summed E-state index contributed by atoms with van der Waals surface area (Å²) >= 11 is 18.5. The molecule has 1 atom stereocenters. The lowest BCUT2D eigenvalue weighted by molar-refractivity contribution is -0.139. The fraction of sp³-hybridized carbons (Fsp3) is 0.259. The van der Waals surface area contributed by atoms with E-state index in [1.807, 2.05) is 0 Å². The van der Waals surface area contributed by atoms with Crippen molar-refractivity contribution in [2.75, 3.05) is 24.5 Å². The summed E-state index contributed by atoms with van der Waals surface area (Å²) in [5.74, 6) is -0.843. The van der Waals surface area contributed by atoms with Gasteiger partial charge in [0.1, 0.15) is 18.3 Å². The predicted molar refractivity (Wildman–Crippen MR) is 154 cm³/mol. The maximum Gasteiger partial charge on any atom is 0.264 e. The van der Waals surface area contributed by atoms with Crippen LogP contribution in [0.2, 0.25) is 15.1 Å². The van der Waals surface area contributed by atoms with E-state index in [4.69, 9.17) is 39.5 Å². The minimum Gasteiger partial charge on any atom is -0.495 e. The van der Waals surface area contributed by atoms with Crippen molar-refractivity contribution >= 4 is 62.3 Å². The van der Waals surface area contributed by atoms with Gasteiger partial charge in [0.25, 0.3) is 10.0 Å². The van der Waals surface area contributed by atoms with Crippen LogP contribution in [0.15, 0.2) is 71.6 Å². The van der Waals surface area contributed by atoms with E-state index in [1.165, 1.54) is 36.3 Å². The molecule has 2 amide bonds. The van der Waals surface area contributed by atoms with E-state index in [0.29, 0.717) is 17.1 Å². The SMILES string of the molecule is CCNC(=O)[C@@H](C)N(Cc1ccc(Cl)c(Cl)c1)C(=O)CN(c1cc(Cl)ccc1OC)S(=O)(=O)c1ccccc1. The van der Waals surface area contributed by atoms with Crippen molar-refractivity contribution in [3.8, 4) is 5.75 Å². The molecule has 0 unspecified atom stereocenters. The van der Waals surface area contributed by atoms with Crippen LogP contribution in [0.25, 0.3) is 0 Å². The van der Waals surface area contributed by atoms with E-state index in [1.54, 1.807) is 56.3 Å². The molecule has 208 valence electrons. The van der Waals surface area contributed by atoms with Gasteiger partial charge in [0.2, 0.25) is 11.8 Å². The van der Waals surface area contributed by atoms with Crippen LogP contribution in [-0.4, -0.2) is 51.4 Å². The summed E-state index contributed by atoms with van der Waals surface area (Å²) in [5.41, 5.74) is 0.675. The molecule has 0 aliphatic rings. The maximum atomic E-state index is 13.9. The normalized spacial score (nSPS) is 11.9. The number of hydrogen-bond acceptors (Lipinski definition) is 5. The molecule has 0 fully saturated rings. The Morgan fingerprint density at radius 1 is 0.974 bits per heavy atom. The summed E-state index contributed by atoms with van der Waals surface area (Å²) in [5, 5.41) is 3.57. The van der Waals surface area contributed by atoms with E-state index < -0.39 is 34.4 Å². The second-order valence-corrected chi connectivity index (χ2v) is 11.6. The number of methoxy groups -OCH3 is 1. The molecule has 39 heavy (non-hydrogen) atoms. The predicted octanol–water partition coefficient (Wildman–Crippen LogP) is 5.40. The molecule has 0 radical (unpaired) electrons. The van der Waals surface area contributed by atoms with Crippen LogP contribution in [0.4, 0.5) is 5.69 Å². The molecule has 12 heteroatoms. The third-order valence-electron chi connectivity index (χ3n) is 5.87. The van der Waals surface area contributed by atoms with Gasteiger partial charge >= 0.3 is 0 Å². The molecule has 0 aliphatic carbocycles. The summed E-state index contributed by atoms with van der Waals surface area (Å²) < 4.78 is 34.1. The molecular formula is C27H28Cl3N3O5S. The summed E-state index contributed by atoms with van der Waals surface area (Å²) in [6.07, 6.45) is 0. The highest BCUT2D eigenvalue weighted by atomic mass is 35.5. The van der Waals surface area contributed by atoms with Crippen LogP contribution in [0.5, 0.6) is 5.75 Å². The second kappa shape index (κ2) is 13.4. The Bertz CT molecular complexity index is 1440. The van der Waals surface area contributed by atoms with Gasteiger partial charge in [0.05, 0.1) is 27.7 Å². The van der Waals surface area contributed by atoms with Crippen LogP contribution >= 0.6 is 34.8 Å². The van der Waals surface area contributed by atoms with Crippen LogP contribution in [-0.2, 0) is 26.2 Å². The molecule has 1 N–H and O–H groups in total. The van der Waals surface area contributed by atoms with Gasteiger partial charge in [-0.25, -0.2) is 8.42 Å². The number of carbonyl (C=O) groups excluding carboxylic acids is 2. The van der Waals surface area contributed by atoms with Gasteiger partial charge in [0, 0.05) is 18.1 Å². The number of sulfonamides is 1. The summed E-state index contributed by atoms with van der Waals surface area (Å²) in [6.45, 7) is 3.01. The topological polar surface area (TPSA) is 96.0 Å². The minimum absolute atomic E-state index is 0.0278. The molecular weight excluding hydrogens is 585 g/mol.